The van der Waals surface area contributed by atoms with Crippen LogP contribution in [0.3, 0.4) is 0 Å². The Labute approximate surface area is 153 Å². The summed E-state index contributed by atoms with van der Waals surface area (Å²) in [6.07, 6.45) is 2.93. The Balaban J connectivity index is 0.00000441. The maximum atomic E-state index is 13.3. The second-order valence-electron chi connectivity index (χ2n) is 4.54. The highest BCUT2D eigenvalue weighted by molar-refractivity contribution is 14.0. The van der Waals surface area contributed by atoms with Crippen LogP contribution < -0.4 is 10.6 Å². The van der Waals surface area contributed by atoms with E-state index in [0.717, 1.165) is 42.4 Å². The zero-order valence-electron chi connectivity index (χ0n) is 13.3. The smallest absolute Gasteiger partial charge is 0.191 e. The first-order valence-corrected chi connectivity index (χ1v) is 8.30. The van der Waals surface area contributed by atoms with Crippen molar-refractivity contribution >= 4 is 41.7 Å². The summed E-state index contributed by atoms with van der Waals surface area (Å²) in [5, 5.41) is 6.46. The average molecular weight is 441 g/mol. The predicted molar refractivity (Wildman–Crippen MR) is 104 cm³/mol. The lowest BCUT2D eigenvalue weighted by Crippen LogP contribution is -2.37. The Morgan fingerprint density at radius 1 is 1.32 bits per heavy atom. The summed E-state index contributed by atoms with van der Waals surface area (Å²) in [7, 11) is 3.42. The third kappa shape index (κ3) is 8.19. The quantitative estimate of drug-likeness (QED) is 0.282. The first-order chi connectivity index (χ1) is 10.2. The molecule has 0 fully saturated rings. The monoisotopic (exact) mass is 441 g/mol. The number of nitrogens with one attached hydrogen (secondary N) is 2. The minimum absolute atomic E-state index is 0. The van der Waals surface area contributed by atoms with Crippen molar-refractivity contribution in [2.24, 2.45) is 4.99 Å². The second kappa shape index (κ2) is 13.0. The fourth-order valence-electron chi connectivity index (χ4n) is 1.88. The third-order valence-corrected chi connectivity index (χ3v) is 3.56. The molecule has 0 amide bonds. The Bertz CT molecular complexity index is 460. The van der Waals surface area contributed by atoms with Gasteiger partial charge in [0.05, 0.1) is 0 Å². The van der Waals surface area contributed by atoms with E-state index in [4.69, 9.17) is 4.74 Å². The topological polar surface area (TPSA) is 45.7 Å². The van der Waals surface area contributed by atoms with E-state index in [0.29, 0.717) is 6.54 Å². The van der Waals surface area contributed by atoms with Gasteiger partial charge in [-0.1, -0.05) is 6.07 Å². The lowest BCUT2D eigenvalue weighted by atomic mass is 10.1. The molecule has 0 atom stereocenters. The number of halogens is 2. The van der Waals surface area contributed by atoms with Crippen molar-refractivity contribution < 1.29 is 9.13 Å². The number of hydrogen-bond acceptors (Lipinski definition) is 3. The Morgan fingerprint density at radius 2 is 2.09 bits per heavy atom. The van der Waals surface area contributed by atoms with Crippen LogP contribution in [0.2, 0.25) is 0 Å². The van der Waals surface area contributed by atoms with Crippen molar-refractivity contribution in [3.05, 3.63) is 35.1 Å². The molecule has 0 aliphatic carbocycles. The molecule has 0 aliphatic heterocycles. The minimum atomic E-state index is -0.190. The summed E-state index contributed by atoms with van der Waals surface area (Å²) in [6, 6.07) is 4.92. The molecule has 2 N–H and O–H groups in total. The zero-order chi connectivity index (χ0) is 15.5. The van der Waals surface area contributed by atoms with Gasteiger partial charge >= 0.3 is 0 Å². The summed E-state index contributed by atoms with van der Waals surface area (Å²) in [6.45, 7) is 2.15. The maximum absolute atomic E-state index is 13.3. The normalized spacial score (nSPS) is 11.0. The molecule has 0 spiro atoms. The van der Waals surface area contributed by atoms with Crippen LogP contribution in [0.25, 0.3) is 0 Å². The Morgan fingerprint density at radius 3 is 2.73 bits per heavy atom. The van der Waals surface area contributed by atoms with E-state index in [1.807, 2.05) is 12.3 Å². The molecule has 22 heavy (non-hydrogen) atoms. The van der Waals surface area contributed by atoms with Crippen LogP contribution in [0.1, 0.15) is 17.5 Å². The molecule has 0 heterocycles. The van der Waals surface area contributed by atoms with Crippen LogP contribution in [0.15, 0.2) is 23.2 Å². The summed E-state index contributed by atoms with van der Waals surface area (Å²) >= 11 is 1.68. The second-order valence-corrected chi connectivity index (χ2v) is 5.41. The molecule has 1 rings (SSSR count). The van der Waals surface area contributed by atoms with Crippen molar-refractivity contribution in [2.75, 3.05) is 33.6 Å². The summed E-state index contributed by atoms with van der Waals surface area (Å²) in [4.78, 5) is 4.17. The van der Waals surface area contributed by atoms with Crippen molar-refractivity contribution in [1.29, 1.82) is 0 Å². The van der Waals surface area contributed by atoms with Crippen molar-refractivity contribution in [3.63, 3.8) is 0 Å². The average Bonchev–Trinajstić information content (AvgIpc) is 2.48. The van der Waals surface area contributed by atoms with E-state index in [1.54, 1.807) is 32.0 Å². The summed E-state index contributed by atoms with van der Waals surface area (Å²) < 4.78 is 18.3. The van der Waals surface area contributed by atoms with E-state index < -0.39 is 0 Å². The van der Waals surface area contributed by atoms with Gasteiger partial charge in [-0.15, -0.1) is 24.0 Å². The number of nitrogens with zero attached hydrogens (tertiary/aromatic N) is 1. The molecule has 0 saturated carbocycles. The molecular weight excluding hydrogens is 416 g/mol. The summed E-state index contributed by atoms with van der Waals surface area (Å²) in [5.74, 6) is 1.35. The first kappa shape index (κ1) is 21.5. The molecule has 126 valence electrons. The maximum Gasteiger partial charge on any atom is 0.191 e. The first-order valence-electron chi connectivity index (χ1n) is 6.91. The molecule has 7 heteroatoms. The number of thioether (sulfide) groups is 1. The molecule has 0 saturated heterocycles. The van der Waals surface area contributed by atoms with Gasteiger partial charge in [-0.25, -0.2) is 4.39 Å². The lowest BCUT2D eigenvalue weighted by molar-refractivity contribution is 0.195. The van der Waals surface area contributed by atoms with E-state index in [2.05, 4.69) is 15.6 Å². The highest BCUT2D eigenvalue weighted by Gasteiger charge is 2.05. The standard InChI is InChI=1S/C15H24FN3OS.HI/c1-17-15(18-7-4-8-20-2)19-10-12-5-6-14(16)9-13(12)11-21-3;/h5-6,9H,4,7-8,10-11H2,1-3H3,(H2,17,18,19);1H. The van der Waals surface area contributed by atoms with Gasteiger partial charge in [-0.05, 0) is 35.9 Å². The number of guanidine groups is 1. The molecule has 0 aromatic heterocycles. The molecule has 0 bridgehead atoms. The van der Waals surface area contributed by atoms with E-state index >= 15 is 0 Å². The van der Waals surface area contributed by atoms with Crippen LogP contribution in [-0.4, -0.2) is 39.5 Å². The van der Waals surface area contributed by atoms with Gasteiger partial charge in [0, 0.05) is 39.6 Å². The highest BCUT2D eigenvalue weighted by atomic mass is 127. The number of methoxy groups -OCH3 is 1. The molecule has 1 aromatic rings. The molecule has 1 aromatic carbocycles. The third-order valence-electron chi connectivity index (χ3n) is 2.96. The minimum Gasteiger partial charge on any atom is -0.385 e. The predicted octanol–water partition coefficient (Wildman–Crippen LogP) is 3.01. The van der Waals surface area contributed by atoms with Gasteiger partial charge in [0.15, 0.2) is 5.96 Å². The van der Waals surface area contributed by atoms with E-state index in [-0.39, 0.29) is 29.8 Å². The van der Waals surface area contributed by atoms with Gasteiger partial charge in [0.25, 0.3) is 0 Å². The molecule has 0 radical (unpaired) electrons. The van der Waals surface area contributed by atoms with Crippen LogP contribution in [0.4, 0.5) is 4.39 Å². The van der Waals surface area contributed by atoms with Gasteiger partial charge in [-0.2, -0.15) is 11.8 Å². The lowest BCUT2D eigenvalue weighted by Gasteiger charge is -2.14. The van der Waals surface area contributed by atoms with E-state index in [9.17, 15) is 4.39 Å². The van der Waals surface area contributed by atoms with Gasteiger partial charge in [0.2, 0.25) is 0 Å². The van der Waals surface area contributed by atoms with Gasteiger partial charge in [-0.3, -0.25) is 4.99 Å². The Kier molecular flexibility index (Phi) is 12.6. The van der Waals surface area contributed by atoms with Crippen LogP contribution in [0, 0.1) is 5.82 Å². The number of rotatable bonds is 8. The van der Waals surface area contributed by atoms with Gasteiger partial charge in [0.1, 0.15) is 5.82 Å². The van der Waals surface area contributed by atoms with Crippen LogP contribution in [0.5, 0.6) is 0 Å². The van der Waals surface area contributed by atoms with E-state index in [1.165, 1.54) is 6.07 Å². The Hall–Kier alpha value is -0.540. The van der Waals surface area contributed by atoms with Crippen LogP contribution >= 0.6 is 35.7 Å². The largest absolute Gasteiger partial charge is 0.385 e. The summed E-state index contributed by atoms with van der Waals surface area (Å²) in [5.41, 5.74) is 2.11. The van der Waals surface area contributed by atoms with Crippen molar-refractivity contribution in [1.82, 2.24) is 10.6 Å². The number of ether oxygens (including phenoxy) is 1. The number of benzene rings is 1. The highest BCUT2D eigenvalue weighted by Crippen LogP contribution is 2.16. The number of aliphatic imine (C=N–C) groups is 1. The molecule has 0 unspecified atom stereocenters. The SMILES string of the molecule is CN=C(NCCCOC)NCc1ccc(F)cc1CSC.I. The molecular formula is C15H25FIN3OS. The van der Waals surface area contributed by atoms with Gasteiger partial charge < -0.3 is 15.4 Å². The fourth-order valence-corrected chi connectivity index (χ4v) is 2.46. The van der Waals surface area contributed by atoms with Crippen molar-refractivity contribution in [3.8, 4) is 0 Å². The van der Waals surface area contributed by atoms with Crippen molar-refractivity contribution in [2.45, 2.75) is 18.7 Å². The number of hydrogen-bond donors (Lipinski definition) is 2. The van der Waals surface area contributed by atoms with Crippen LogP contribution in [-0.2, 0) is 17.0 Å². The fraction of sp³-hybridized carbons (Fsp3) is 0.533. The zero-order valence-corrected chi connectivity index (χ0v) is 16.5. The molecule has 0 aliphatic rings. The molecule has 4 nitrogen and oxygen atoms in total.